The van der Waals surface area contributed by atoms with Gasteiger partial charge in [0.15, 0.2) is 0 Å². The number of hydrogen-bond donors (Lipinski definition) is 2. The van der Waals surface area contributed by atoms with E-state index in [1.54, 1.807) is 18.3 Å². The molecule has 0 saturated heterocycles. The summed E-state index contributed by atoms with van der Waals surface area (Å²) >= 11 is 0. The monoisotopic (exact) mass is 403 g/mol. The molecular weight excluding hydrogens is 381 g/mol. The molecule has 0 unspecified atom stereocenters. The lowest BCUT2D eigenvalue weighted by molar-refractivity contribution is 0.0697. The van der Waals surface area contributed by atoms with Crippen LogP contribution in [0, 0.1) is 5.82 Å². The molecule has 1 aliphatic heterocycles. The Labute approximate surface area is 174 Å². The van der Waals surface area contributed by atoms with Crippen LogP contribution in [0.1, 0.15) is 40.4 Å². The molecule has 1 saturated carbocycles. The highest BCUT2D eigenvalue weighted by molar-refractivity contribution is 5.93. The number of pyridine rings is 1. The lowest BCUT2D eigenvalue weighted by Gasteiger charge is -2.25. The lowest BCUT2D eigenvalue weighted by Crippen LogP contribution is -2.29. The second-order valence-corrected chi connectivity index (χ2v) is 7.92. The normalized spacial score (nSPS) is 18.2. The summed E-state index contributed by atoms with van der Waals surface area (Å²) < 4.78 is 14.3. The zero-order chi connectivity index (χ0) is 20.7. The number of aromatic carboxylic acids is 1. The third-order valence-electron chi connectivity index (χ3n) is 5.99. The minimum atomic E-state index is -0.972. The van der Waals surface area contributed by atoms with Crippen LogP contribution in [0.2, 0.25) is 0 Å². The molecule has 2 heterocycles. The molecule has 3 aromatic rings. The van der Waals surface area contributed by atoms with Crippen molar-refractivity contribution in [3.05, 3.63) is 83.4 Å². The average molecular weight is 403 g/mol. The maximum absolute atomic E-state index is 14.3. The molecule has 0 radical (unpaired) electrons. The van der Waals surface area contributed by atoms with Gasteiger partial charge in [-0.25, -0.2) is 9.18 Å². The number of nitrogens with zero attached hydrogens (tertiary/aromatic N) is 2. The van der Waals surface area contributed by atoms with Gasteiger partial charge in [-0.1, -0.05) is 30.3 Å². The van der Waals surface area contributed by atoms with Crippen molar-refractivity contribution < 1.29 is 14.3 Å². The number of carboxylic acids is 1. The van der Waals surface area contributed by atoms with E-state index in [4.69, 9.17) is 0 Å². The molecule has 5 rings (SSSR count). The van der Waals surface area contributed by atoms with Crippen LogP contribution in [-0.2, 0) is 6.54 Å². The van der Waals surface area contributed by atoms with Crippen molar-refractivity contribution in [3.8, 4) is 11.1 Å². The highest BCUT2D eigenvalue weighted by Crippen LogP contribution is 2.43. The van der Waals surface area contributed by atoms with Gasteiger partial charge in [0.05, 0.1) is 23.5 Å². The first-order valence-electron chi connectivity index (χ1n) is 10.2. The van der Waals surface area contributed by atoms with E-state index in [-0.39, 0.29) is 17.4 Å². The molecule has 0 bridgehead atoms. The first kappa shape index (κ1) is 18.8. The van der Waals surface area contributed by atoms with Crippen LogP contribution in [0.3, 0.4) is 0 Å². The number of halogens is 1. The fraction of sp³-hybridized carbons (Fsp3) is 0.250. The van der Waals surface area contributed by atoms with Gasteiger partial charge in [-0.2, -0.15) is 0 Å². The highest BCUT2D eigenvalue weighted by atomic mass is 19.1. The third kappa shape index (κ3) is 3.44. The summed E-state index contributed by atoms with van der Waals surface area (Å²) in [6.45, 7) is 1.42. The molecule has 2 aromatic carbocycles. The van der Waals surface area contributed by atoms with Crippen LogP contribution in [0.4, 0.5) is 10.1 Å². The summed E-state index contributed by atoms with van der Waals surface area (Å²) in [4.78, 5) is 18.0. The molecule has 30 heavy (non-hydrogen) atoms. The molecule has 0 amide bonds. The van der Waals surface area contributed by atoms with Gasteiger partial charge in [-0.15, -0.1) is 0 Å². The van der Waals surface area contributed by atoms with E-state index < -0.39 is 5.97 Å². The molecule has 2 aliphatic rings. The molecule has 1 fully saturated rings. The number of carboxylic acid groups (broad SMARTS) is 1. The molecule has 0 spiro atoms. The van der Waals surface area contributed by atoms with Gasteiger partial charge < -0.3 is 10.4 Å². The number of aromatic nitrogens is 1. The number of rotatable bonds is 6. The van der Waals surface area contributed by atoms with Gasteiger partial charge in [0, 0.05) is 30.9 Å². The van der Waals surface area contributed by atoms with Gasteiger partial charge in [0.25, 0.3) is 0 Å². The van der Waals surface area contributed by atoms with Crippen LogP contribution in [0.25, 0.3) is 11.1 Å². The minimum absolute atomic E-state index is 0.143. The molecule has 6 heteroatoms. The Morgan fingerprint density at radius 1 is 1.20 bits per heavy atom. The van der Waals surface area contributed by atoms with E-state index in [0.717, 1.165) is 12.1 Å². The van der Waals surface area contributed by atoms with Crippen molar-refractivity contribution in [2.45, 2.75) is 31.5 Å². The fourth-order valence-corrected chi connectivity index (χ4v) is 4.36. The maximum Gasteiger partial charge on any atom is 0.337 e. The van der Waals surface area contributed by atoms with Crippen molar-refractivity contribution in [3.63, 3.8) is 0 Å². The smallest absolute Gasteiger partial charge is 0.337 e. The zero-order valence-corrected chi connectivity index (χ0v) is 16.4. The summed E-state index contributed by atoms with van der Waals surface area (Å²) in [5.41, 5.74) is 4.67. The number of nitrogens with one attached hydrogen (secondary N) is 1. The van der Waals surface area contributed by atoms with Crippen molar-refractivity contribution in [1.29, 1.82) is 0 Å². The maximum atomic E-state index is 14.3. The predicted molar refractivity (Wildman–Crippen MR) is 113 cm³/mol. The Hall–Kier alpha value is -3.25. The van der Waals surface area contributed by atoms with Gasteiger partial charge in [-0.05, 0) is 47.7 Å². The van der Waals surface area contributed by atoms with E-state index in [1.807, 2.05) is 12.1 Å². The lowest BCUT2D eigenvalue weighted by atomic mass is 9.97. The van der Waals surface area contributed by atoms with Crippen molar-refractivity contribution in [2.24, 2.45) is 0 Å². The zero-order valence-electron chi connectivity index (χ0n) is 16.4. The molecule has 5 nitrogen and oxygen atoms in total. The molecule has 1 atom stereocenters. The summed E-state index contributed by atoms with van der Waals surface area (Å²) in [6.07, 6.45) is 5.40. The first-order valence-corrected chi connectivity index (χ1v) is 10.2. The standard InChI is InChI=1S/C24H22FN3O2/c25-21-4-2-1-3-18(21)15-5-8-19-16(11-15)14-28(17-6-7-17)23(19)13-27-22-12-26-10-9-20(22)24(29)30/h1-5,8-12,17,23,27H,6-7,13-14H2,(H,29,30)/t23-/m0/s1. The van der Waals surface area contributed by atoms with Gasteiger partial charge in [0.2, 0.25) is 0 Å². The predicted octanol–water partition coefficient (Wildman–Crippen LogP) is 4.72. The Balaban J connectivity index is 1.43. The third-order valence-corrected chi connectivity index (χ3v) is 5.99. The summed E-state index contributed by atoms with van der Waals surface area (Å²) in [5, 5.41) is 12.7. The van der Waals surface area contributed by atoms with Crippen LogP contribution in [-0.4, -0.2) is 33.5 Å². The second-order valence-electron chi connectivity index (χ2n) is 7.92. The van der Waals surface area contributed by atoms with Gasteiger partial charge in [-0.3, -0.25) is 9.88 Å². The number of fused-ring (bicyclic) bond motifs is 1. The first-order chi connectivity index (χ1) is 14.6. The topological polar surface area (TPSA) is 65.5 Å². The second kappa shape index (κ2) is 7.54. The van der Waals surface area contributed by atoms with E-state index in [0.29, 0.717) is 23.8 Å². The number of anilines is 1. The minimum Gasteiger partial charge on any atom is -0.478 e. The number of benzene rings is 2. The van der Waals surface area contributed by atoms with Gasteiger partial charge >= 0.3 is 5.97 Å². The SMILES string of the molecule is O=C(O)c1ccncc1NC[C@H]1c2ccc(-c3ccccc3F)cc2CN1C1CC1. The molecular formula is C24H22FN3O2. The average Bonchev–Trinajstić information content (AvgIpc) is 3.54. The molecule has 1 aliphatic carbocycles. The summed E-state index contributed by atoms with van der Waals surface area (Å²) in [5.74, 6) is -1.19. The van der Waals surface area contributed by atoms with Crippen LogP contribution >= 0.6 is 0 Å². The van der Waals surface area contributed by atoms with E-state index in [1.165, 1.54) is 42.3 Å². The van der Waals surface area contributed by atoms with Crippen LogP contribution in [0.15, 0.2) is 60.9 Å². The van der Waals surface area contributed by atoms with Crippen molar-refractivity contribution in [1.82, 2.24) is 9.88 Å². The van der Waals surface area contributed by atoms with Crippen LogP contribution in [0.5, 0.6) is 0 Å². The Kier molecular flexibility index (Phi) is 4.71. The van der Waals surface area contributed by atoms with Gasteiger partial charge in [0.1, 0.15) is 5.82 Å². The van der Waals surface area contributed by atoms with Crippen LogP contribution < -0.4 is 5.32 Å². The van der Waals surface area contributed by atoms with E-state index in [9.17, 15) is 14.3 Å². The van der Waals surface area contributed by atoms with Crippen molar-refractivity contribution in [2.75, 3.05) is 11.9 Å². The number of hydrogen-bond acceptors (Lipinski definition) is 4. The quantitative estimate of drug-likeness (QED) is 0.624. The summed E-state index contributed by atoms with van der Waals surface area (Å²) in [7, 11) is 0. The van der Waals surface area contributed by atoms with Crippen molar-refractivity contribution >= 4 is 11.7 Å². The molecule has 152 valence electrons. The Morgan fingerprint density at radius 3 is 2.80 bits per heavy atom. The Morgan fingerprint density at radius 2 is 2.03 bits per heavy atom. The highest BCUT2D eigenvalue weighted by Gasteiger charge is 2.39. The number of carbonyl (C=O) groups is 1. The Bertz CT molecular complexity index is 1110. The van der Waals surface area contributed by atoms with E-state index in [2.05, 4.69) is 27.3 Å². The summed E-state index contributed by atoms with van der Waals surface area (Å²) in [6, 6.07) is 15.2. The van der Waals surface area contributed by atoms with E-state index >= 15 is 0 Å². The fourth-order valence-electron chi connectivity index (χ4n) is 4.36. The molecule has 2 N–H and O–H groups in total. The largest absolute Gasteiger partial charge is 0.478 e. The molecule has 1 aromatic heterocycles.